The zero-order chi connectivity index (χ0) is 20.5. The first-order valence-electron chi connectivity index (χ1n) is 9.19. The average Bonchev–Trinajstić information content (AvgIpc) is 2.71. The molecule has 0 aromatic heterocycles. The van der Waals surface area contributed by atoms with E-state index in [0.717, 1.165) is 5.56 Å². The van der Waals surface area contributed by atoms with Crippen molar-refractivity contribution >= 4 is 17.6 Å². The summed E-state index contributed by atoms with van der Waals surface area (Å²) in [6, 6.07) is 13.0. The van der Waals surface area contributed by atoms with Crippen molar-refractivity contribution in [3.05, 3.63) is 58.6 Å². The summed E-state index contributed by atoms with van der Waals surface area (Å²) in [4.78, 5) is 4.51. The van der Waals surface area contributed by atoms with Gasteiger partial charge in [0.15, 0.2) is 17.5 Å². The molecule has 0 aliphatic carbocycles. The monoisotopic (exact) mass is 405 g/mol. The van der Waals surface area contributed by atoms with Crippen LogP contribution in [0.5, 0.6) is 11.5 Å². The highest BCUT2D eigenvalue weighted by atomic mass is 35.5. The Morgan fingerprint density at radius 1 is 1.14 bits per heavy atom. The van der Waals surface area contributed by atoms with Crippen molar-refractivity contribution in [1.29, 1.82) is 0 Å². The van der Waals surface area contributed by atoms with Gasteiger partial charge in [0.1, 0.15) is 0 Å². The summed E-state index contributed by atoms with van der Waals surface area (Å²) in [5, 5.41) is 17.7. The summed E-state index contributed by atoms with van der Waals surface area (Å²) in [6.07, 6.45) is -0.772. The number of halogens is 1. The van der Waals surface area contributed by atoms with E-state index in [-0.39, 0.29) is 12.6 Å². The van der Waals surface area contributed by atoms with Crippen LogP contribution in [0.1, 0.15) is 37.1 Å². The predicted molar refractivity (Wildman–Crippen MR) is 113 cm³/mol. The average molecular weight is 406 g/mol. The topological polar surface area (TPSA) is 75.1 Å². The highest BCUT2D eigenvalue weighted by molar-refractivity contribution is 6.31. The van der Waals surface area contributed by atoms with Crippen molar-refractivity contribution < 1.29 is 14.6 Å². The zero-order valence-corrected chi connectivity index (χ0v) is 17.5. The maximum atomic E-state index is 10.5. The number of nitrogens with zero attached hydrogens (tertiary/aromatic N) is 1. The second-order valence-electron chi connectivity index (χ2n) is 6.24. The number of rotatable bonds is 8. The van der Waals surface area contributed by atoms with E-state index in [1.165, 1.54) is 0 Å². The first-order valence-corrected chi connectivity index (χ1v) is 9.57. The fourth-order valence-corrected chi connectivity index (χ4v) is 3.07. The normalized spacial score (nSPS) is 13.6. The molecule has 7 heteroatoms. The van der Waals surface area contributed by atoms with Gasteiger partial charge in [0, 0.05) is 11.6 Å². The lowest BCUT2D eigenvalue weighted by Gasteiger charge is -2.20. The zero-order valence-electron chi connectivity index (χ0n) is 16.7. The second kappa shape index (κ2) is 10.8. The van der Waals surface area contributed by atoms with Crippen molar-refractivity contribution in [2.45, 2.75) is 26.0 Å². The molecular weight excluding hydrogens is 378 g/mol. The van der Waals surface area contributed by atoms with Gasteiger partial charge in [0.2, 0.25) is 0 Å². The lowest BCUT2D eigenvalue weighted by molar-refractivity contribution is 0.186. The van der Waals surface area contributed by atoms with Crippen LogP contribution >= 0.6 is 11.6 Å². The van der Waals surface area contributed by atoms with Gasteiger partial charge < -0.3 is 25.2 Å². The minimum atomic E-state index is -0.772. The highest BCUT2D eigenvalue weighted by Gasteiger charge is 2.14. The van der Waals surface area contributed by atoms with Gasteiger partial charge in [-0.1, -0.05) is 35.9 Å². The maximum Gasteiger partial charge on any atom is 0.191 e. The number of ether oxygens (including phenoxy) is 2. The molecule has 2 unspecified atom stereocenters. The molecule has 0 saturated carbocycles. The fraction of sp³-hybridized carbons (Fsp3) is 0.381. The largest absolute Gasteiger partial charge is 0.493 e. The third-order valence-corrected chi connectivity index (χ3v) is 4.63. The van der Waals surface area contributed by atoms with Gasteiger partial charge in [-0.2, -0.15) is 0 Å². The standard InChI is InChI=1S/C21H28ClN3O3/c1-5-23-21(25-14(2)16-8-6-7-9-17(16)22)24-13-18(26)15-10-11-19(27-3)20(12-15)28-4/h6-12,14,18,26H,5,13H2,1-4H3,(H2,23,24,25). The third-order valence-electron chi connectivity index (χ3n) is 4.28. The quantitative estimate of drug-likeness (QED) is 0.461. The Hall–Kier alpha value is -2.44. The van der Waals surface area contributed by atoms with Crippen LogP contribution < -0.4 is 20.1 Å². The van der Waals surface area contributed by atoms with Gasteiger partial charge in [0.05, 0.1) is 32.9 Å². The Labute approximate surface area is 171 Å². The van der Waals surface area contributed by atoms with Crippen molar-refractivity contribution in [3.8, 4) is 11.5 Å². The number of aliphatic hydroxyl groups is 1. The second-order valence-corrected chi connectivity index (χ2v) is 6.64. The van der Waals surface area contributed by atoms with E-state index in [0.29, 0.717) is 34.6 Å². The number of methoxy groups -OCH3 is 2. The molecule has 2 rings (SSSR count). The molecule has 0 aliphatic rings. The lowest BCUT2D eigenvalue weighted by Crippen LogP contribution is -2.39. The number of aliphatic hydroxyl groups excluding tert-OH is 1. The number of guanidine groups is 1. The van der Waals surface area contributed by atoms with Crippen LogP contribution in [0.4, 0.5) is 0 Å². The first-order chi connectivity index (χ1) is 13.5. The van der Waals surface area contributed by atoms with Crippen LogP contribution in [-0.4, -0.2) is 38.4 Å². The Kier molecular flexibility index (Phi) is 8.42. The summed E-state index contributed by atoms with van der Waals surface area (Å²) < 4.78 is 10.5. The number of nitrogens with one attached hydrogen (secondary N) is 2. The Morgan fingerprint density at radius 2 is 1.86 bits per heavy atom. The minimum Gasteiger partial charge on any atom is -0.493 e. The first kappa shape index (κ1) is 21.9. The van der Waals surface area contributed by atoms with E-state index in [1.54, 1.807) is 32.4 Å². The third kappa shape index (κ3) is 5.78. The molecule has 0 saturated heterocycles. The van der Waals surface area contributed by atoms with Gasteiger partial charge in [-0.05, 0) is 43.2 Å². The fourth-order valence-electron chi connectivity index (χ4n) is 2.77. The lowest BCUT2D eigenvalue weighted by atomic mass is 10.1. The molecule has 0 radical (unpaired) electrons. The van der Waals surface area contributed by atoms with Crippen molar-refractivity contribution in [3.63, 3.8) is 0 Å². The van der Waals surface area contributed by atoms with Crippen molar-refractivity contribution in [2.75, 3.05) is 27.3 Å². The molecule has 6 nitrogen and oxygen atoms in total. The van der Waals surface area contributed by atoms with E-state index in [1.807, 2.05) is 38.1 Å². The number of hydrogen-bond acceptors (Lipinski definition) is 4. The van der Waals surface area contributed by atoms with E-state index in [4.69, 9.17) is 21.1 Å². The SMILES string of the molecule is CCNC(=NCC(O)c1ccc(OC)c(OC)c1)NC(C)c1ccccc1Cl. The van der Waals surface area contributed by atoms with Crippen LogP contribution in [0.2, 0.25) is 5.02 Å². The van der Waals surface area contributed by atoms with Crippen LogP contribution in [0.15, 0.2) is 47.5 Å². The molecule has 152 valence electrons. The molecule has 2 atom stereocenters. The molecule has 0 amide bonds. The van der Waals surface area contributed by atoms with Crippen LogP contribution in [0, 0.1) is 0 Å². The summed E-state index contributed by atoms with van der Waals surface area (Å²) >= 11 is 6.28. The van der Waals surface area contributed by atoms with Crippen molar-refractivity contribution in [1.82, 2.24) is 10.6 Å². The summed E-state index contributed by atoms with van der Waals surface area (Å²) in [7, 11) is 3.14. The number of hydrogen-bond donors (Lipinski definition) is 3. The molecule has 2 aromatic rings. The minimum absolute atomic E-state index is 0.0373. The molecule has 0 bridgehead atoms. The highest BCUT2D eigenvalue weighted by Crippen LogP contribution is 2.30. The predicted octanol–water partition coefficient (Wildman–Crippen LogP) is 3.71. The summed E-state index contributed by atoms with van der Waals surface area (Å²) in [5.41, 5.74) is 1.69. The van der Waals surface area contributed by atoms with Gasteiger partial charge in [0.25, 0.3) is 0 Å². The smallest absolute Gasteiger partial charge is 0.191 e. The Bertz CT molecular complexity index is 798. The van der Waals surface area contributed by atoms with Gasteiger partial charge in [-0.3, -0.25) is 4.99 Å². The molecule has 2 aromatic carbocycles. The van der Waals surface area contributed by atoms with E-state index in [2.05, 4.69) is 15.6 Å². The molecule has 28 heavy (non-hydrogen) atoms. The molecule has 3 N–H and O–H groups in total. The molecule has 0 fully saturated rings. The van der Waals surface area contributed by atoms with Crippen LogP contribution in [-0.2, 0) is 0 Å². The molecule has 0 heterocycles. The van der Waals surface area contributed by atoms with Gasteiger partial charge in [-0.15, -0.1) is 0 Å². The van der Waals surface area contributed by atoms with Gasteiger partial charge in [-0.25, -0.2) is 0 Å². The van der Waals surface area contributed by atoms with E-state index < -0.39 is 6.10 Å². The number of benzene rings is 2. The van der Waals surface area contributed by atoms with Crippen LogP contribution in [0.3, 0.4) is 0 Å². The number of aliphatic imine (C=N–C) groups is 1. The van der Waals surface area contributed by atoms with E-state index >= 15 is 0 Å². The van der Waals surface area contributed by atoms with E-state index in [9.17, 15) is 5.11 Å². The maximum absolute atomic E-state index is 10.5. The molecule has 0 aliphatic heterocycles. The van der Waals surface area contributed by atoms with Gasteiger partial charge >= 0.3 is 0 Å². The van der Waals surface area contributed by atoms with Crippen LogP contribution in [0.25, 0.3) is 0 Å². The molecule has 0 spiro atoms. The Morgan fingerprint density at radius 3 is 2.50 bits per heavy atom. The molecular formula is C21H28ClN3O3. The van der Waals surface area contributed by atoms with Crippen molar-refractivity contribution in [2.24, 2.45) is 4.99 Å². The Balaban J connectivity index is 2.10. The summed E-state index contributed by atoms with van der Waals surface area (Å²) in [5.74, 6) is 1.79. The summed E-state index contributed by atoms with van der Waals surface area (Å²) in [6.45, 7) is 4.90.